The van der Waals surface area contributed by atoms with Crippen molar-refractivity contribution in [2.45, 2.75) is 12.8 Å². The molecule has 0 bridgehead atoms. The normalized spacial score (nSPS) is 10.7. The van der Waals surface area contributed by atoms with Gasteiger partial charge in [-0.3, -0.25) is 14.7 Å². The van der Waals surface area contributed by atoms with Gasteiger partial charge in [0.25, 0.3) is 5.78 Å². The fraction of sp³-hybridized carbons (Fsp3) is 0.125. The number of benzene rings is 1. The molecule has 0 aliphatic carbocycles. The molecule has 0 fully saturated rings. The molecule has 0 saturated heterocycles. The number of carbonyl (C=O) groups is 2. The van der Waals surface area contributed by atoms with E-state index in [1.807, 2.05) is 0 Å². The van der Waals surface area contributed by atoms with Crippen LogP contribution in [-0.2, 0) is 17.6 Å². The van der Waals surface area contributed by atoms with Gasteiger partial charge in [0.05, 0.1) is 0 Å². The van der Waals surface area contributed by atoms with E-state index in [0.29, 0.717) is 6.42 Å². The number of hydrogen-bond acceptors (Lipinski definition) is 4. The summed E-state index contributed by atoms with van der Waals surface area (Å²) in [6, 6.07) is 7.88. The molecule has 1 aromatic carbocycles. The Morgan fingerprint density at radius 1 is 1.13 bits per heavy atom. The summed E-state index contributed by atoms with van der Waals surface area (Å²) in [4.78, 5) is 30.7. The van der Waals surface area contributed by atoms with Crippen LogP contribution in [0.15, 0.2) is 42.9 Å². The number of carbonyl (C=O) groups excluding carboxylic acids is 2. The molecule has 3 aromatic rings. The van der Waals surface area contributed by atoms with Gasteiger partial charge in [-0.05, 0) is 29.3 Å². The Labute approximate surface area is 130 Å². The number of hydrogen-bond donors (Lipinski definition) is 2. The molecule has 0 aliphatic rings. The molecule has 0 aliphatic heterocycles. The van der Waals surface area contributed by atoms with E-state index in [2.05, 4.69) is 20.2 Å². The van der Waals surface area contributed by atoms with E-state index < -0.39 is 11.6 Å². The second kappa shape index (κ2) is 6.35. The third kappa shape index (κ3) is 3.39. The number of rotatable bonds is 6. The lowest BCUT2D eigenvalue weighted by atomic mass is 10.0. The summed E-state index contributed by atoms with van der Waals surface area (Å²) in [7, 11) is 0. The molecule has 7 heteroatoms. The monoisotopic (exact) mass is 312 g/mol. The second-order valence-electron chi connectivity index (χ2n) is 5.04. The van der Waals surface area contributed by atoms with Crippen LogP contribution in [0.4, 0.5) is 4.39 Å². The van der Waals surface area contributed by atoms with E-state index in [0.717, 1.165) is 16.8 Å². The van der Waals surface area contributed by atoms with Crippen molar-refractivity contribution in [3.8, 4) is 0 Å². The zero-order valence-electron chi connectivity index (χ0n) is 12.0. The average molecular weight is 312 g/mol. The zero-order chi connectivity index (χ0) is 16.2. The van der Waals surface area contributed by atoms with Gasteiger partial charge in [0.1, 0.15) is 12.1 Å². The summed E-state index contributed by atoms with van der Waals surface area (Å²) >= 11 is 0. The minimum atomic E-state index is -0.722. The predicted molar refractivity (Wildman–Crippen MR) is 79.4 cm³/mol. The van der Waals surface area contributed by atoms with Crippen molar-refractivity contribution >= 4 is 11.6 Å². The predicted octanol–water partition coefficient (Wildman–Crippen LogP) is 1.86. The molecule has 3 rings (SSSR count). The van der Waals surface area contributed by atoms with Gasteiger partial charge in [0.15, 0.2) is 0 Å². The second-order valence-corrected chi connectivity index (χ2v) is 5.04. The molecular weight excluding hydrogens is 299 g/mol. The topological polar surface area (TPSA) is 91.5 Å². The van der Waals surface area contributed by atoms with Crippen molar-refractivity contribution in [2.24, 2.45) is 0 Å². The van der Waals surface area contributed by atoms with Gasteiger partial charge >= 0.3 is 0 Å². The van der Waals surface area contributed by atoms with Crippen molar-refractivity contribution in [3.05, 3.63) is 71.3 Å². The SMILES string of the molecule is O=C(Cc1cc[nH]c1Cc1ccc(F)cc1)C(=O)c1nc[nH]n1. The molecule has 2 N–H and O–H groups in total. The number of ketones is 2. The summed E-state index contributed by atoms with van der Waals surface area (Å²) in [5, 5.41) is 6.02. The lowest BCUT2D eigenvalue weighted by Crippen LogP contribution is -2.18. The van der Waals surface area contributed by atoms with E-state index in [9.17, 15) is 14.0 Å². The van der Waals surface area contributed by atoms with Gasteiger partial charge in [0, 0.05) is 24.7 Å². The lowest BCUT2D eigenvalue weighted by molar-refractivity contribution is -0.114. The summed E-state index contributed by atoms with van der Waals surface area (Å²) < 4.78 is 12.9. The number of aromatic amines is 2. The van der Waals surface area contributed by atoms with Crippen LogP contribution in [0.5, 0.6) is 0 Å². The fourth-order valence-electron chi connectivity index (χ4n) is 2.27. The first-order valence-electron chi connectivity index (χ1n) is 6.96. The van der Waals surface area contributed by atoms with Crippen molar-refractivity contribution in [3.63, 3.8) is 0 Å². The summed E-state index contributed by atoms with van der Waals surface area (Å²) in [6.07, 6.45) is 3.44. The van der Waals surface area contributed by atoms with Crippen molar-refractivity contribution in [2.75, 3.05) is 0 Å². The largest absolute Gasteiger partial charge is 0.364 e. The van der Waals surface area contributed by atoms with Gasteiger partial charge in [-0.15, -0.1) is 5.10 Å². The molecule has 0 atom stereocenters. The maximum atomic E-state index is 12.9. The molecule has 6 nitrogen and oxygen atoms in total. The first-order valence-corrected chi connectivity index (χ1v) is 6.96. The highest BCUT2D eigenvalue weighted by molar-refractivity contribution is 6.43. The van der Waals surface area contributed by atoms with Crippen LogP contribution in [0.2, 0.25) is 0 Å². The highest BCUT2D eigenvalue weighted by Gasteiger charge is 2.21. The van der Waals surface area contributed by atoms with Crippen LogP contribution in [0, 0.1) is 5.82 Å². The highest BCUT2D eigenvalue weighted by Crippen LogP contribution is 2.15. The Bertz CT molecular complexity index is 822. The molecule has 0 saturated carbocycles. The van der Waals surface area contributed by atoms with Crippen molar-refractivity contribution < 1.29 is 14.0 Å². The number of nitrogens with one attached hydrogen (secondary N) is 2. The molecular formula is C16H13FN4O2. The van der Waals surface area contributed by atoms with Crippen LogP contribution >= 0.6 is 0 Å². The molecule has 0 unspecified atom stereocenters. The van der Waals surface area contributed by atoms with Gasteiger partial charge in [-0.2, -0.15) is 0 Å². The lowest BCUT2D eigenvalue weighted by Gasteiger charge is -2.04. The van der Waals surface area contributed by atoms with Crippen molar-refractivity contribution in [1.29, 1.82) is 0 Å². The van der Waals surface area contributed by atoms with E-state index in [1.54, 1.807) is 24.4 Å². The molecule has 0 spiro atoms. The first-order chi connectivity index (χ1) is 11.1. The number of halogens is 1. The summed E-state index contributed by atoms with van der Waals surface area (Å²) in [6.45, 7) is 0. The Morgan fingerprint density at radius 2 is 1.91 bits per heavy atom. The average Bonchev–Trinajstić information content (AvgIpc) is 3.21. The van der Waals surface area contributed by atoms with Gasteiger partial charge in [-0.25, -0.2) is 9.37 Å². The maximum absolute atomic E-state index is 12.9. The maximum Gasteiger partial charge on any atom is 0.267 e. The zero-order valence-corrected chi connectivity index (χ0v) is 12.0. The van der Waals surface area contributed by atoms with E-state index in [1.165, 1.54) is 18.5 Å². The molecule has 0 radical (unpaired) electrons. The standard InChI is InChI=1S/C16H13FN4O2/c17-12-3-1-10(2-4-12)7-13-11(5-6-18-13)8-14(22)15(23)16-19-9-20-21-16/h1-6,9,18H,7-8H2,(H,19,20,21). The van der Waals surface area contributed by atoms with Crippen LogP contribution in [0.1, 0.15) is 27.4 Å². The van der Waals surface area contributed by atoms with Crippen molar-refractivity contribution in [1.82, 2.24) is 20.2 Å². The Balaban J connectivity index is 1.72. The fourth-order valence-corrected chi connectivity index (χ4v) is 2.27. The Hall–Kier alpha value is -3.09. The van der Waals surface area contributed by atoms with Crippen LogP contribution in [-0.4, -0.2) is 31.7 Å². The minimum Gasteiger partial charge on any atom is -0.364 e. The van der Waals surface area contributed by atoms with E-state index in [-0.39, 0.29) is 18.1 Å². The highest BCUT2D eigenvalue weighted by atomic mass is 19.1. The third-order valence-corrected chi connectivity index (χ3v) is 3.45. The Kier molecular flexibility index (Phi) is 4.09. The smallest absolute Gasteiger partial charge is 0.267 e. The van der Waals surface area contributed by atoms with Crippen LogP contribution in [0.25, 0.3) is 0 Å². The van der Waals surface area contributed by atoms with Crippen LogP contribution in [0.3, 0.4) is 0 Å². The first kappa shape index (κ1) is 14.8. The Morgan fingerprint density at radius 3 is 2.61 bits per heavy atom. The van der Waals surface area contributed by atoms with Gasteiger partial charge < -0.3 is 4.98 Å². The van der Waals surface area contributed by atoms with Gasteiger partial charge in [-0.1, -0.05) is 12.1 Å². The molecule has 0 amide bonds. The van der Waals surface area contributed by atoms with Crippen LogP contribution < -0.4 is 0 Å². The number of nitrogens with zero attached hydrogens (tertiary/aromatic N) is 2. The molecule has 2 aromatic heterocycles. The molecule has 116 valence electrons. The number of H-pyrrole nitrogens is 2. The minimum absolute atomic E-state index is 0.0343. The number of Topliss-reactive ketones (excluding diaryl/α,β-unsaturated/α-hetero) is 2. The quantitative estimate of drug-likeness (QED) is 0.537. The molecule has 23 heavy (non-hydrogen) atoms. The van der Waals surface area contributed by atoms with E-state index in [4.69, 9.17) is 0 Å². The summed E-state index contributed by atoms with van der Waals surface area (Å²) in [5.41, 5.74) is 2.44. The molecule has 2 heterocycles. The number of aromatic nitrogens is 4. The summed E-state index contributed by atoms with van der Waals surface area (Å²) in [5.74, 6) is -1.73. The van der Waals surface area contributed by atoms with Gasteiger partial charge in [0.2, 0.25) is 11.6 Å². The third-order valence-electron chi connectivity index (χ3n) is 3.45. The van der Waals surface area contributed by atoms with E-state index >= 15 is 0 Å².